The Kier molecular flexibility index (Phi) is 51.3. The Labute approximate surface area is 477 Å². The van der Waals surface area contributed by atoms with Crippen LogP contribution >= 0.6 is 0 Å². The van der Waals surface area contributed by atoms with E-state index in [0.717, 1.165) is 109 Å². The molecule has 8 atom stereocenters. The third-order valence-electron chi connectivity index (χ3n) is 14.9. The molecule has 0 aromatic rings. The van der Waals surface area contributed by atoms with Gasteiger partial charge in [0.05, 0.1) is 25.4 Å². The van der Waals surface area contributed by atoms with Gasteiger partial charge in [-0.1, -0.05) is 273 Å². The maximum absolute atomic E-state index is 13.4. The largest absolute Gasteiger partial charge is 0.454 e. The quantitative estimate of drug-likeness (QED) is 0.0195. The lowest BCUT2D eigenvalue weighted by molar-refractivity contribution is -0.305. The molecular formula is C67H119NO10. The van der Waals surface area contributed by atoms with Crippen molar-refractivity contribution in [2.45, 2.75) is 327 Å². The van der Waals surface area contributed by atoms with E-state index in [0.29, 0.717) is 12.8 Å². The number of ether oxygens (including phenoxy) is 3. The first-order chi connectivity index (χ1) is 38.2. The number of allylic oxidation sites excluding steroid dienone is 11. The maximum Gasteiger partial charge on any atom is 0.306 e. The van der Waals surface area contributed by atoms with Crippen molar-refractivity contribution in [3.63, 3.8) is 0 Å². The highest BCUT2D eigenvalue weighted by atomic mass is 16.7. The average Bonchev–Trinajstić information content (AvgIpc) is 3.44. The minimum Gasteiger partial charge on any atom is -0.454 e. The van der Waals surface area contributed by atoms with Crippen molar-refractivity contribution in [2.75, 3.05) is 13.2 Å². The maximum atomic E-state index is 13.4. The van der Waals surface area contributed by atoms with Crippen molar-refractivity contribution in [3.8, 4) is 0 Å². The monoisotopic (exact) mass is 1100 g/mol. The molecule has 0 aliphatic carbocycles. The lowest BCUT2D eigenvalue weighted by Gasteiger charge is -2.41. The molecule has 1 aliphatic rings. The molecule has 6 N–H and O–H groups in total. The van der Waals surface area contributed by atoms with Crippen LogP contribution in [0, 0.1) is 0 Å². The van der Waals surface area contributed by atoms with E-state index in [2.05, 4.69) is 86.8 Å². The molecule has 452 valence electrons. The number of aliphatic hydroxyl groups is 5. The lowest BCUT2D eigenvalue weighted by atomic mass is 9.99. The normalized spacial score (nSPS) is 19.4. The molecule has 1 heterocycles. The van der Waals surface area contributed by atoms with Crippen LogP contribution < -0.4 is 5.32 Å². The molecule has 1 saturated heterocycles. The standard InChI is InChI=1S/C67H119NO10/c1-4-7-10-13-16-19-22-25-27-28-29-30-31-32-33-35-36-39-42-45-48-51-54-60(71)66(75)68-58(59(70)53-50-47-44-41-38-24-21-18-15-12-9-6-3)57-76-67-65(64(74)63(73)61(56-69)77-67)78-62(72)55-52-49-46-43-40-37-34-26-23-20-17-14-11-8-5-2/h7,10,16,19,25,27,29-30,32-33,50,53,58-61,63-65,67,69-71,73-74H,4-6,8-9,11-15,17-18,20-24,26,28,31,34-49,51-52,54-57H2,1-3H3,(H,68,75)/b10-7-,19-16-,27-25-,30-29-,33-32-,53-50+. The van der Waals surface area contributed by atoms with Gasteiger partial charge in [0.15, 0.2) is 12.4 Å². The number of carbonyl (C=O) groups excluding carboxylic acids is 2. The number of esters is 1. The Bertz CT molecular complexity index is 1540. The van der Waals surface area contributed by atoms with Crippen LogP contribution in [0.4, 0.5) is 0 Å². The SMILES string of the molecule is CC/C=C\C/C=C\C/C=C\C/C=C\C/C=C\CCCCCCCCC(O)C(=O)NC(COC1OC(CO)C(O)C(O)C1OC(=O)CCCCCCCCCCCCCCCCC)C(O)/C=C/CCCCCCCCCCCC. The van der Waals surface area contributed by atoms with Gasteiger partial charge >= 0.3 is 5.97 Å². The highest BCUT2D eigenvalue weighted by Crippen LogP contribution is 2.26. The van der Waals surface area contributed by atoms with E-state index in [4.69, 9.17) is 14.2 Å². The fraction of sp³-hybridized carbons (Fsp3) is 0.791. The van der Waals surface area contributed by atoms with Gasteiger partial charge in [0.25, 0.3) is 0 Å². The molecule has 1 amide bonds. The van der Waals surface area contributed by atoms with E-state index in [1.165, 1.54) is 122 Å². The predicted octanol–water partition coefficient (Wildman–Crippen LogP) is 15.6. The van der Waals surface area contributed by atoms with Gasteiger partial charge in [0, 0.05) is 6.42 Å². The van der Waals surface area contributed by atoms with Gasteiger partial charge in [0.1, 0.15) is 24.4 Å². The van der Waals surface area contributed by atoms with Crippen LogP contribution in [0.1, 0.15) is 278 Å². The molecule has 8 unspecified atom stereocenters. The van der Waals surface area contributed by atoms with Crippen molar-refractivity contribution >= 4 is 11.9 Å². The minimum absolute atomic E-state index is 0.124. The Morgan fingerprint density at radius 1 is 0.513 bits per heavy atom. The van der Waals surface area contributed by atoms with Crippen LogP contribution in [0.2, 0.25) is 0 Å². The highest BCUT2D eigenvalue weighted by molar-refractivity contribution is 5.80. The zero-order chi connectivity index (χ0) is 56.8. The first-order valence-corrected chi connectivity index (χ1v) is 32.2. The summed E-state index contributed by atoms with van der Waals surface area (Å²) in [5, 5.41) is 57.0. The van der Waals surface area contributed by atoms with E-state index in [1.807, 2.05) is 6.08 Å². The molecule has 78 heavy (non-hydrogen) atoms. The van der Waals surface area contributed by atoms with Crippen molar-refractivity contribution in [3.05, 3.63) is 72.9 Å². The Balaban J connectivity index is 2.66. The number of rotatable bonds is 54. The first kappa shape index (κ1) is 73.1. The summed E-state index contributed by atoms with van der Waals surface area (Å²) in [5.74, 6) is -1.20. The van der Waals surface area contributed by atoms with E-state index in [9.17, 15) is 35.1 Å². The fourth-order valence-corrected chi connectivity index (χ4v) is 9.80. The summed E-state index contributed by atoms with van der Waals surface area (Å²) in [5.41, 5.74) is 0. The Hall–Kier alpha value is -2.90. The topological polar surface area (TPSA) is 175 Å². The average molecular weight is 1100 g/mol. The number of hydrogen-bond donors (Lipinski definition) is 6. The summed E-state index contributed by atoms with van der Waals surface area (Å²) < 4.78 is 17.6. The molecule has 1 aliphatic heterocycles. The number of nitrogens with one attached hydrogen (secondary N) is 1. The van der Waals surface area contributed by atoms with Gasteiger partial charge in [-0.25, -0.2) is 0 Å². The van der Waals surface area contributed by atoms with Gasteiger partial charge in [-0.15, -0.1) is 0 Å². The second-order valence-corrected chi connectivity index (χ2v) is 22.1. The molecule has 0 spiro atoms. The highest BCUT2D eigenvalue weighted by Gasteiger charge is 2.47. The minimum atomic E-state index is -1.62. The molecule has 11 nitrogen and oxygen atoms in total. The molecule has 0 radical (unpaired) electrons. The van der Waals surface area contributed by atoms with Gasteiger partial charge in [-0.05, 0) is 70.6 Å². The van der Waals surface area contributed by atoms with Crippen molar-refractivity contribution in [1.82, 2.24) is 5.32 Å². The number of amides is 1. The fourth-order valence-electron chi connectivity index (χ4n) is 9.80. The number of aliphatic hydroxyl groups excluding tert-OH is 5. The van der Waals surface area contributed by atoms with Crippen molar-refractivity contribution in [1.29, 1.82) is 0 Å². The van der Waals surface area contributed by atoms with Gasteiger partial charge in [-0.3, -0.25) is 9.59 Å². The summed E-state index contributed by atoms with van der Waals surface area (Å²) in [6, 6.07) is -1.03. The van der Waals surface area contributed by atoms with Crippen molar-refractivity contribution < 1.29 is 49.3 Å². The summed E-state index contributed by atoms with van der Waals surface area (Å²) in [4.78, 5) is 26.6. The zero-order valence-corrected chi connectivity index (χ0v) is 50.0. The third kappa shape index (κ3) is 42.0. The zero-order valence-electron chi connectivity index (χ0n) is 50.0. The molecule has 0 bridgehead atoms. The second-order valence-electron chi connectivity index (χ2n) is 22.1. The Morgan fingerprint density at radius 3 is 1.38 bits per heavy atom. The van der Waals surface area contributed by atoms with Crippen LogP contribution in [-0.4, -0.2) is 99.6 Å². The van der Waals surface area contributed by atoms with Crippen LogP contribution in [0.3, 0.4) is 0 Å². The molecule has 11 heteroatoms. The number of unbranched alkanes of at least 4 members (excludes halogenated alkanes) is 30. The molecule has 1 rings (SSSR count). The molecule has 0 aromatic heterocycles. The third-order valence-corrected chi connectivity index (χ3v) is 14.9. The van der Waals surface area contributed by atoms with Crippen LogP contribution in [-0.2, 0) is 23.8 Å². The van der Waals surface area contributed by atoms with E-state index in [-0.39, 0.29) is 19.4 Å². The lowest BCUT2D eigenvalue weighted by Crippen LogP contribution is -2.61. The molecule has 0 aromatic carbocycles. The van der Waals surface area contributed by atoms with Gasteiger partial charge < -0.3 is 45.1 Å². The van der Waals surface area contributed by atoms with Crippen LogP contribution in [0.15, 0.2) is 72.9 Å². The summed E-state index contributed by atoms with van der Waals surface area (Å²) in [7, 11) is 0. The van der Waals surface area contributed by atoms with Crippen molar-refractivity contribution in [2.24, 2.45) is 0 Å². The van der Waals surface area contributed by atoms with Gasteiger partial charge in [-0.2, -0.15) is 0 Å². The first-order valence-electron chi connectivity index (χ1n) is 32.2. The summed E-state index contributed by atoms with van der Waals surface area (Å²) in [6.45, 7) is 5.68. The molecular weight excluding hydrogens is 979 g/mol. The van der Waals surface area contributed by atoms with Crippen LogP contribution in [0.25, 0.3) is 0 Å². The molecule has 1 fully saturated rings. The number of hydrogen-bond acceptors (Lipinski definition) is 10. The van der Waals surface area contributed by atoms with Crippen LogP contribution in [0.5, 0.6) is 0 Å². The second kappa shape index (κ2) is 54.7. The van der Waals surface area contributed by atoms with E-state index >= 15 is 0 Å². The molecule has 0 saturated carbocycles. The van der Waals surface area contributed by atoms with E-state index < -0.39 is 67.4 Å². The number of carbonyl (C=O) groups is 2. The summed E-state index contributed by atoms with van der Waals surface area (Å²) >= 11 is 0. The predicted molar refractivity (Wildman–Crippen MR) is 324 cm³/mol. The van der Waals surface area contributed by atoms with Gasteiger partial charge in [0.2, 0.25) is 5.91 Å². The smallest absolute Gasteiger partial charge is 0.306 e. The van der Waals surface area contributed by atoms with E-state index in [1.54, 1.807) is 6.08 Å². The summed E-state index contributed by atoms with van der Waals surface area (Å²) in [6.07, 6.45) is 59.3. The Morgan fingerprint density at radius 2 is 0.923 bits per heavy atom.